The maximum Gasteiger partial charge on any atom is 0.221 e. The first-order valence-corrected chi connectivity index (χ1v) is 11.4. The molecule has 4 aromatic rings. The number of para-hydroxylation sites is 1. The van der Waals surface area contributed by atoms with Gasteiger partial charge in [-0.2, -0.15) is 0 Å². The zero-order valence-electron chi connectivity index (χ0n) is 17.8. The van der Waals surface area contributed by atoms with Gasteiger partial charge >= 0.3 is 0 Å². The average molecular weight is 431 g/mol. The summed E-state index contributed by atoms with van der Waals surface area (Å²) in [7, 11) is 0. The Hall–Kier alpha value is -3.25. The van der Waals surface area contributed by atoms with Crippen LogP contribution in [0.15, 0.2) is 72.1 Å². The molecule has 1 amide bonds. The molecule has 1 N–H and O–H groups in total. The van der Waals surface area contributed by atoms with E-state index in [-0.39, 0.29) is 11.9 Å². The Bertz CT molecular complexity index is 1140. The van der Waals surface area contributed by atoms with Crippen LogP contribution < -0.4 is 10.2 Å². The first kappa shape index (κ1) is 21.0. The number of rotatable bonds is 8. The number of hydrogen-bond acceptors (Lipinski definition) is 5. The normalized spacial score (nSPS) is 11.1. The van der Waals surface area contributed by atoms with Gasteiger partial charge in [0.25, 0.3) is 0 Å². The van der Waals surface area contributed by atoms with Gasteiger partial charge in [0.1, 0.15) is 5.82 Å². The van der Waals surface area contributed by atoms with Crippen molar-refractivity contribution in [1.82, 2.24) is 15.3 Å². The Morgan fingerprint density at radius 2 is 1.77 bits per heavy atom. The molecule has 0 saturated heterocycles. The molecule has 2 aromatic heterocycles. The summed E-state index contributed by atoms with van der Waals surface area (Å²) in [4.78, 5) is 25.4. The lowest BCUT2D eigenvalue weighted by Crippen LogP contribution is -2.34. The third-order valence-electron chi connectivity index (χ3n) is 4.90. The fraction of sp³-hybridized carbons (Fsp3) is 0.240. The highest BCUT2D eigenvalue weighted by Crippen LogP contribution is 2.30. The molecule has 0 aliphatic rings. The number of carbonyl (C=O) groups is 1. The minimum absolute atomic E-state index is 0.0462. The van der Waals surface area contributed by atoms with Crippen LogP contribution in [0.1, 0.15) is 25.8 Å². The quantitative estimate of drug-likeness (QED) is 0.413. The first-order chi connectivity index (χ1) is 15.1. The van der Waals surface area contributed by atoms with E-state index in [1.165, 1.54) is 5.56 Å². The fourth-order valence-electron chi connectivity index (χ4n) is 3.51. The molecule has 0 radical (unpaired) electrons. The number of nitrogens with zero attached hydrogens (tertiary/aromatic N) is 3. The summed E-state index contributed by atoms with van der Waals surface area (Å²) in [5.74, 6) is 1.62. The summed E-state index contributed by atoms with van der Waals surface area (Å²) in [6.45, 7) is 5.19. The molecule has 0 aliphatic heterocycles. The Kier molecular flexibility index (Phi) is 6.57. The van der Waals surface area contributed by atoms with E-state index < -0.39 is 0 Å². The Morgan fingerprint density at radius 3 is 2.52 bits per heavy atom. The van der Waals surface area contributed by atoms with Gasteiger partial charge in [0.15, 0.2) is 5.82 Å². The van der Waals surface area contributed by atoms with E-state index in [1.54, 1.807) is 11.3 Å². The number of fused-ring (bicyclic) bond motifs is 1. The lowest BCUT2D eigenvalue weighted by molar-refractivity contribution is -0.121. The van der Waals surface area contributed by atoms with Crippen LogP contribution in [0.4, 0.5) is 5.82 Å². The zero-order chi connectivity index (χ0) is 21.6. The highest BCUT2D eigenvalue weighted by Gasteiger charge is 2.18. The van der Waals surface area contributed by atoms with Crippen molar-refractivity contribution in [3.8, 4) is 10.7 Å². The molecule has 5 nitrogen and oxygen atoms in total. The molecule has 0 unspecified atom stereocenters. The van der Waals surface area contributed by atoms with Crippen molar-refractivity contribution in [3.63, 3.8) is 0 Å². The molecule has 0 bridgehead atoms. The Balaban J connectivity index is 1.74. The van der Waals surface area contributed by atoms with Crippen molar-refractivity contribution in [1.29, 1.82) is 0 Å². The van der Waals surface area contributed by atoms with Crippen LogP contribution in [0.3, 0.4) is 0 Å². The van der Waals surface area contributed by atoms with Crippen LogP contribution in [0.25, 0.3) is 21.6 Å². The molecule has 2 heterocycles. The van der Waals surface area contributed by atoms with Crippen LogP contribution in [0.5, 0.6) is 0 Å². The van der Waals surface area contributed by atoms with Gasteiger partial charge in [0.2, 0.25) is 5.91 Å². The van der Waals surface area contributed by atoms with Crippen LogP contribution >= 0.6 is 11.3 Å². The number of aromatic nitrogens is 2. The van der Waals surface area contributed by atoms with E-state index in [1.807, 2.05) is 67.8 Å². The predicted molar refractivity (Wildman–Crippen MR) is 128 cm³/mol. The van der Waals surface area contributed by atoms with Gasteiger partial charge in [0, 0.05) is 30.9 Å². The molecule has 0 saturated carbocycles. The molecule has 2 aromatic carbocycles. The van der Waals surface area contributed by atoms with E-state index in [4.69, 9.17) is 9.97 Å². The van der Waals surface area contributed by atoms with Gasteiger partial charge in [-0.3, -0.25) is 4.79 Å². The molecular weight excluding hydrogens is 404 g/mol. The third-order valence-corrected chi connectivity index (χ3v) is 5.76. The second-order valence-electron chi connectivity index (χ2n) is 7.74. The summed E-state index contributed by atoms with van der Waals surface area (Å²) in [5.41, 5.74) is 2.08. The number of anilines is 1. The minimum atomic E-state index is 0.0462. The number of amides is 1. The number of hydrogen-bond donors (Lipinski definition) is 1. The average Bonchev–Trinajstić information content (AvgIpc) is 3.31. The summed E-state index contributed by atoms with van der Waals surface area (Å²) >= 11 is 1.63. The number of benzene rings is 2. The number of carbonyl (C=O) groups excluding carboxylic acids is 1. The topological polar surface area (TPSA) is 58.1 Å². The summed E-state index contributed by atoms with van der Waals surface area (Å²) in [6.07, 6.45) is 0.400. The maximum atomic E-state index is 12.4. The second-order valence-corrected chi connectivity index (χ2v) is 8.69. The smallest absolute Gasteiger partial charge is 0.221 e. The molecule has 158 valence electrons. The van der Waals surface area contributed by atoms with Gasteiger partial charge in [-0.15, -0.1) is 11.3 Å². The third kappa shape index (κ3) is 5.27. The van der Waals surface area contributed by atoms with Crippen LogP contribution in [0, 0.1) is 0 Å². The van der Waals surface area contributed by atoms with E-state index in [0.29, 0.717) is 25.3 Å². The van der Waals surface area contributed by atoms with Crippen molar-refractivity contribution in [2.45, 2.75) is 32.9 Å². The van der Waals surface area contributed by atoms with Crippen molar-refractivity contribution in [2.75, 3.05) is 11.4 Å². The molecule has 0 atom stereocenters. The standard InChI is InChI=1S/C25H26N4OS/c1-18(2)26-23(30)14-15-29(17-19-9-4-3-5-10-19)25-20-11-6-7-12-21(20)27-24(28-25)22-13-8-16-31-22/h3-13,16,18H,14-15,17H2,1-2H3,(H,26,30). The lowest BCUT2D eigenvalue weighted by Gasteiger charge is -2.25. The second kappa shape index (κ2) is 9.71. The predicted octanol–water partition coefficient (Wildman–Crippen LogP) is 5.28. The van der Waals surface area contributed by atoms with Gasteiger partial charge < -0.3 is 10.2 Å². The van der Waals surface area contributed by atoms with E-state index in [9.17, 15) is 4.79 Å². The molecule has 0 spiro atoms. The number of thiophene rings is 1. The summed E-state index contributed by atoms with van der Waals surface area (Å²) in [5, 5.41) is 6.01. The van der Waals surface area contributed by atoms with Gasteiger partial charge in [-0.25, -0.2) is 9.97 Å². The molecule has 0 fully saturated rings. The first-order valence-electron chi connectivity index (χ1n) is 10.5. The van der Waals surface area contributed by atoms with Crippen LogP contribution in [-0.2, 0) is 11.3 Å². The molecule has 4 rings (SSSR count). The minimum Gasteiger partial charge on any atom is -0.354 e. The van der Waals surface area contributed by atoms with Gasteiger partial charge in [0.05, 0.1) is 10.4 Å². The summed E-state index contributed by atoms with van der Waals surface area (Å²) < 4.78 is 0. The monoisotopic (exact) mass is 430 g/mol. The molecule has 6 heteroatoms. The maximum absolute atomic E-state index is 12.4. The lowest BCUT2D eigenvalue weighted by atomic mass is 10.1. The van der Waals surface area contributed by atoms with Crippen LogP contribution in [0.2, 0.25) is 0 Å². The van der Waals surface area contributed by atoms with Crippen molar-refractivity contribution in [2.24, 2.45) is 0 Å². The van der Waals surface area contributed by atoms with Crippen molar-refractivity contribution < 1.29 is 4.79 Å². The number of nitrogens with one attached hydrogen (secondary N) is 1. The highest BCUT2D eigenvalue weighted by molar-refractivity contribution is 7.13. The van der Waals surface area contributed by atoms with E-state index >= 15 is 0 Å². The van der Waals surface area contributed by atoms with E-state index in [2.05, 4.69) is 28.4 Å². The Morgan fingerprint density at radius 1 is 1.00 bits per heavy atom. The van der Waals surface area contributed by atoms with Crippen molar-refractivity contribution >= 4 is 34.0 Å². The highest BCUT2D eigenvalue weighted by atomic mass is 32.1. The Labute approximate surface area is 186 Å². The molecular formula is C25H26N4OS. The van der Waals surface area contributed by atoms with Gasteiger partial charge in [-0.1, -0.05) is 48.5 Å². The fourth-order valence-corrected chi connectivity index (χ4v) is 4.17. The zero-order valence-corrected chi connectivity index (χ0v) is 18.6. The molecule has 0 aliphatic carbocycles. The summed E-state index contributed by atoms with van der Waals surface area (Å²) in [6, 6.07) is 22.5. The van der Waals surface area contributed by atoms with E-state index in [0.717, 1.165) is 21.6 Å². The van der Waals surface area contributed by atoms with Gasteiger partial charge in [-0.05, 0) is 43.0 Å². The van der Waals surface area contributed by atoms with Crippen LogP contribution in [-0.4, -0.2) is 28.5 Å². The molecule has 31 heavy (non-hydrogen) atoms. The SMILES string of the molecule is CC(C)NC(=O)CCN(Cc1ccccc1)c1nc(-c2cccs2)nc2ccccc12. The van der Waals surface area contributed by atoms with Crippen molar-refractivity contribution in [3.05, 3.63) is 77.7 Å². The largest absolute Gasteiger partial charge is 0.354 e.